The van der Waals surface area contributed by atoms with Gasteiger partial charge in [0.05, 0.1) is 5.56 Å². The first-order valence-corrected chi connectivity index (χ1v) is 7.98. The van der Waals surface area contributed by atoms with E-state index in [2.05, 4.69) is 38.1 Å². The minimum absolute atomic E-state index is 0.252. The predicted octanol–water partition coefficient (Wildman–Crippen LogP) is 5.01. The second-order valence-corrected chi connectivity index (χ2v) is 6.44. The molecule has 0 spiro atoms. The number of allylic oxidation sites excluding steroid dienone is 1. The van der Waals surface area contributed by atoms with Crippen molar-refractivity contribution in [3.63, 3.8) is 0 Å². The topological polar surface area (TPSA) is 30.2 Å². The van der Waals surface area contributed by atoms with E-state index >= 15 is 0 Å². The molecule has 2 heteroatoms. The Bertz CT molecular complexity index is 990. The van der Waals surface area contributed by atoms with Crippen molar-refractivity contribution in [2.75, 3.05) is 0 Å². The van der Waals surface area contributed by atoms with Crippen LogP contribution in [0.1, 0.15) is 42.0 Å². The van der Waals surface area contributed by atoms with Gasteiger partial charge in [-0.1, -0.05) is 56.3 Å². The van der Waals surface area contributed by atoms with E-state index in [1.165, 1.54) is 16.7 Å². The molecule has 0 bridgehead atoms. The molecule has 2 nitrogen and oxygen atoms in total. The van der Waals surface area contributed by atoms with Crippen LogP contribution in [-0.4, -0.2) is 0 Å². The molecule has 3 aromatic rings. The summed E-state index contributed by atoms with van der Waals surface area (Å²) in [6.07, 6.45) is 2.88. The van der Waals surface area contributed by atoms with Gasteiger partial charge in [-0.2, -0.15) is 0 Å². The maximum Gasteiger partial charge on any atom is 0.343 e. The zero-order valence-corrected chi connectivity index (χ0v) is 13.3. The summed E-state index contributed by atoms with van der Waals surface area (Å²) in [5, 5.41) is 0.973. The van der Waals surface area contributed by atoms with Crippen molar-refractivity contribution in [3.8, 4) is 0 Å². The Morgan fingerprint density at radius 2 is 1.87 bits per heavy atom. The Morgan fingerprint density at radius 3 is 2.65 bits per heavy atom. The molecule has 0 amide bonds. The van der Waals surface area contributed by atoms with E-state index in [-0.39, 0.29) is 5.63 Å². The molecule has 0 aliphatic heterocycles. The van der Waals surface area contributed by atoms with Crippen LogP contribution in [0.25, 0.3) is 22.6 Å². The molecule has 0 atom stereocenters. The normalized spacial score (nSPS) is 13.4. The predicted molar refractivity (Wildman–Crippen MR) is 94.6 cm³/mol. The number of fused-ring (bicyclic) bond motifs is 2. The third-order valence-electron chi connectivity index (χ3n) is 4.54. The molecule has 1 aliphatic rings. The van der Waals surface area contributed by atoms with E-state index in [4.69, 9.17) is 4.42 Å². The first kappa shape index (κ1) is 14.0. The van der Waals surface area contributed by atoms with Gasteiger partial charge in [0.15, 0.2) is 0 Å². The molecule has 2 aromatic carbocycles. The SMILES string of the molecule is CC(C)c1ccc2cc(C3=Cc4ccccc4C3)c(=O)oc2c1. The highest BCUT2D eigenvalue weighted by atomic mass is 16.4. The lowest BCUT2D eigenvalue weighted by atomic mass is 10.00. The van der Waals surface area contributed by atoms with Gasteiger partial charge < -0.3 is 4.42 Å². The van der Waals surface area contributed by atoms with Crippen LogP contribution in [0.3, 0.4) is 0 Å². The molecular weight excluding hydrogens is 284 g/mol. The maximum atomic E-state index is 12.4. The third-order valence-corrected chi connectivity index (χ3v) is 4.54. The average molecular weight is 302 g/mol. The smallest absolute Gasteiger partial charge is 0.343 e. The van der Waals surface area contributed by atoms with Crippen LogP contribution < -0.4 is 5.63 Å². The van der Waals surface area contributed by atoms with Gasteiger partial charge in [0.2, 0.25) is 0 Å². The monoisotopic (exact) mass is 302 g/mol. The van der Waals surface area contributed by atoms with Crippen LogP contribution in [0, 0.1) is 0 Å². The second-order valence-electron chi connectivity index (χ2n) is 6.44. The molecule has 0 saturated carbocycles. The fourth-order valence-corrected chi connectivity index (χ4v) is 3.16. The standard InChI is InChI=1S/C21H18O2/c1-13(2)14-7-8-17-11-19(21(22)23-20(17)12-14)18-9-15-5-3-4-6-16(15)10-18/h3-9,11-13H,10H2,1-2H3. The molecule has 0 N–H and O–H groups in total. The summed E-state index contributed by atoms with van der Waals surface area (Å²) < 4.78 is 5.60. The summed E-state index contributed by atoms with van der Waals surface area (Å²) >= 11 is 0. The molecule has 0 saturated heterocycles. The molecule has 114 valence electrons. The van der Waals surface area contributed by atoms with E-state index in [1.54, 1.807) is 0 Å². The molecule has 0 fully saturated rings. The fourth-order valence-electron chi connectivity index (χ4n) is 3.16. The van der Waals surface area contributed by atoms with Crippen LogP contribution >= 0.6 is 0 Å². The van der Waals surface area contributed by atoms with Crippen molar-refractivity contribution in [3.05, 3.63) is 81.2 Å². The highest BCUT2D eigenvalue weighted by Gasteiger charge is 2.17. The van der Waals surface area contributed by atoms with Crippen LogP contribution in [0.15, 0.2) is 57.7 Å². The first-order chi connectivity index (χ1) is 11.1. The van der Waals surface area contributed by atoms with Crippen molar-refractivity contribution >= 4 is 22.6 Å². The van der Waals surface area contributed by atoms with Gasteiger partial charge in [-0.25, -0.2) is 4.79 Å². The molecule has 0 radical (unpaired) electrons. The van der Waals surface area contributed by atoms with Crippen molar-refractivity contribution in [1.82, 2.24) is 0 Å². The summed E-state index contributed by atoms with van der Waals surface area (Å²) in [6, 6.07) is 16.3. The van der Waals surface area contributed by atoms with Crippen LogP contribution in [0.4, 0.5) is 0 Å². The lowest BCUT2D eigenvalue weighted by Gasteiger charge is -2.07. The molecule has 1 heterocycles. The number of rotatable bonds is 2. The number of hydrogen-bond acceptors (Lipinski definition) is 2. The third kappa shape index (κ3) is 2.40. The molecule has 1 aliphatic carbocycles. The fraction of sp³-hybridized carbons (Fsp3) is 0.190. The van der Waals surface area contributed by atoms with E-state index < -0.39 is 0 Å². The summed E-state index contributed by atoms with van der Waals surface area (Å²) in [5.74, 6) is 0.413. The first-order valence-electron chi connectivity index (χ1n) is 7.98. The quantitative estimate of drug-likeness (QED) is 0.623. The maximum absolute atomic E-state index is 12.4. The minimum Gasteiger partial charge on any atom is -0.422 e. The minimum atomic E-state index is -0.252. The molecule has 1 aromatic heterocycles. The zero-order chi connectivity index (χ0) is 16.0. The molecule has 23 heavy (non-hydrogen) atoms. The van der Waals surface area contributed by atoms with Gasteiger partial charge >= 0.3 is 5.63 Å². The van der Waals surface area contributed by atoms with Crippen LogP contribution in [0.5, 0.6) is 0 Å². The van der Waals surface area contributed by atoms with E-state index in [0.717, 1.165) is 17.4 Å². The van der Waals surface area contributed by atoms with Gasteiger partial charge in [0.25, 0.3) is 0 Å². The largest absolute Gasteiger partial charge is 0.422 e. The van der Waals surface area contributed by atoms with Crippen molar-refractivity contribution in [1.29, 1.82) is 0 Å². The second kappa shape index (κ2) is 5.24. The van der Waals surface area contributed by atoms with Gasteiger partial charge in [-0.05, 0) is 46.7 Å². The molecular formula is C21H18O2. The summed E-state index contributed by atoms with van der Waals surface area (Å²) in [5.41, 5.74) is 5.76. The zero-order valence-electron chi connectivity index (χ0n) is 13.3. The summed E-state index contributed by atoms with van der Waals surface area (Å²) in [6.45, 7) is 4.27. The van der Waals surface area contributed by atoms with Crippen LogP contribution in [-0.2, 0) is 6.42 Å². The van der Waals surface area contributed by atoms with Crippen molar-refractivity contribution < 1.29 is 4.42 Å². The Balaban J connectivity index is 1.82. The summed E-state index contributed by atoms with van der Waals surface area (Å²) in [4.78, 5) is 12.4. The lowest BCUT2D eigenvalue weighted by Crippen LogP contribution is -2.06. The average Bonchev–Trinajstić information content (AvgIpc) is 2.97. The van der Waals surface area contributed by atoms with Gasteiger partial charge in [0, 0.05) is 5.39 Å². The van der Waals surface area contributed by atoms with E-state index in [0.29, 0.717) is 17.1 Å². The van der Waals surface area contributed by atoms with Crippen molar-refractivity contribution in [2.45, 2.75) is 26.2 Å². The highest BCUT2D eigenvalue weighted by Crippen LogP contribution is 2.31. The van der Waals surface area contributed by atoms with Gasteiger partial charge in [-0.3, -0.25) is 0 Å². The number of hydrogen-bond donors (Lipinski definition) is 0. The Labute approximate surface area is 135 Å². The Morgan fingerprint density at radius 1 is 1.04 bits per heavy atom. The Hall–Kier alpha value is -2.61. The highest BCUT2D eigenvalue weighted by molar-refractivity contribution is 5.91. The molecule has 0 unspecified atom stereocenters. The number of benzene rings is 2. The van der Waals surface area contributed by atoms with Gasteiger partial charge in [0.1, 0.15) is 5.58 Å². The molecule has 4 rings (SSSR count). The van der Waals surface area contributed by atoms with Crippen molar-refractivity contribution in [2.24, 2.45) is 0 Å². The van der Waals surface area contributed by atoms with E-state index in [9.17, 15) is 4.79 Å². The van der Waals surface area contributed by atoms with Crippen LogP contribution in [0.2, 0.25) is 0 Å². The van der Waals surface area contributed by atoms with Gasteiger partial charge in [-0.15, -0.1) is 0 Å². The lowest BCUT2D eigenvalue weighted by molar-refractivity contribution is 0.557. The van der Waals surface area contributed by atoms with E-state index in [1.807, 2.05) is 30.3 Å². The Kier molecular flexibility index (Phi) is 3.19. The summed E-state index contributed by atoms with van der Waals surface area (Å²) in [7, 11) is 0.